The van der Waals surface area contributed by atoms with E-state index in [1.807, 2.05) is 30.5 Å². The van der Waals surface area contributed by atoms with Crippen molar-refractivity contribution in [1.29, 1.82) is 0 Å². The van der Waals surface area contributed by atoms with Crippen LogP contribution >= 0.6 is 11.3 Å². The van der Waals surface area contributed by atoms with E-state index in [0.29, 0.717) is 46.9 Å². The van der Waals surface area contributed by atoms with Crippen LogP contribution in [0.2, 0.25) is 0 Å². The fraction of sp³-hybridized carbons (Fsp3) is 0.423. The molecule has 0 spiro atoms. The third-order valence-electron chi connectivity index (χ3n) is 15.1. The Labute approximate surface area is 409 Å². The number of aliphatic hydroxyl groups excluding tert-OH is 1. The molecule has 5 amide bonds. The molecule has 17 nitrogen and oxygen atoms in total. The molecule has 0 unspecified atom stereocenters. The molecule has 5 aromatic rings. The molecular weight excluding hydrogens is 909 g/mol. The number of nitrogens with zero attached hydrogens (tertiary/aromatic N) is 8. The molecule has 70 heavy (non-hydrogen) atoms. The zero-order valence-electron chi connectivity index (χ0n) is 39.6. The Morgan fingerprint density at radius 3 is 2.36 bits per heavy atom. The number of piperazine rings is 1. The van der Waals surface area contributed by atoms with Gasteiger partial charge in [0, 0.05) is 91.9 Å². The zero-order valence-corrected chi connectivity index (χ0v) is 40.4. The summed E-state index contributed by atoms with van der Waals surface area (Å²) >= 11 is 1.63. The minimum absolute atomic E-state index is 0.0516. The number of rotatable bonds is 10. The van der Waals surface area contributed by atoms with Crippen LogP contribution in [0, 0.1) is 0 Å². The lowest BCUT2D eigenvalue weighted by Crippen LogP contribution is -2.57. The van der Waals surface area contributed by atoms with Gasteiger partial charge in [-0.1, -0.05) is 0 Å². The summed E-state index contributed by atoms with van der Waals surface area (Å²) in [6.45, 7) is 8.72. The molecule has 3 N–H and O–H groups in total. The van der Waals surface area contributed by atoms with E-state index in [2.05, 4.69) is 43.3 Å². The normalized spacial score (nSPS) is 21.4. The Hall–Kier alpha value is -6.76. The highest BCUT2D eigenvalue weighted by atomic mass is 32.1. The van der Waals surface area contributed by atoms with E-state index < -0.39 is 35.8 Å². The number of amides is 5. The van der Waals surface area contributed by atoms with Gasteiger partial charge in [0.25, 0.3) is 17.7 Å². The Kier molecular flexibility index (Phi) is 12.1. The van der Waals surface area contributed by atoms with Crippen molar-refractivity contribution < 1.29 is 33.8 Å². The molecule has 3 fully saturated rings. The number of fused-ring (bicyclic) bond motifs is 4. The van der Waals surface area contributed by atoms with Crippen molar-refractivity contribution in [3.63, 3.8) is 0 Å². The molecule has 3 atom stereocenters. The summed E-state index contributed by atoms with van der Waals surface area (Å²) in [5.41, 5.74) is 7.70. The topological polar surface area (TPSA) is 194 Å². The van der Waals surface area contributed by atoms with Crippen molar-refractivity contribution in [1.82, 2.24) is 30.1 Å². The molecule has 1 aliphatic carbocycles. The molecule has 0 saturated carbocycles. The second-order valence-corrected chi connectivity index (χ2v) is 20.3. The number of anilines is 5. The van der Waals surface area contributed by atoms with Gasteiger partial charge in [0.15, 0.2) is 0 Å². The van der Waals surface area contributed by atoms with E-state index in [1.54, 1.807) is 54.8 Å². The smallest absolute Gasteiger partial charge is 0.269 e. The van der Waals surface area contributed by atoms with Crippen LogP contribution in [0.4, 0.5) is 28.7 Å². The summed E-state index contributed by atoms with van der Waals surface area (Å²) in [6.07, 6.45) is 11.7. The lowest BCUT2D eigenvalue weighted by Gasteiger charge is -2.46. The number of ether oxygens (including phenoxy) is 1. The Morgan fingerprint density at radius 1 is 0.800 bits per heavy atom. The van der Waals surface area contributed by atoms with Gasteiger partial charge in [-0.2, -0.15) is 0 Å². The number of hydrogen-bond donors (Lipinski definition) is 3. The van der Waals surface area contributed by atoms with E-state index >= 15 is 0 Å². The Bertz CT molecular complexity index is 2930. The van der Waals surface area contributed by atoms with Gasteiger partial charge in [-0.05, 0) is 124 Å². The van der Waals surface area contributed by atoms with Crippen LogP contribution in [0.1, 0.15) is 110 Å². The largest absolute Gasteiger partial charge is 0.480 e. The first-order valence-electron chi connectivity index (χ1n) is 24.5. The van der Waals surface area contributed by atoms with Gasteiger partial charge in [-0.3, -0.25) is 44.0 Å². The first kappa shape index (κ1) is 45.7. The summed E-state index contributed by atoms with van der Waals surface area (Å²) in [5.74, 6) is -0.584. The van der Waals surface area contributed by atoms with Gasteiger partial charge in [0.1, 0.15) is 23.4 Å². The molecule has 6 aliphatic rings. The number of carbonyl (C=O) groups is 5. The van der Waals surface area contributed by atoms with Crippen molar-refractivity contribution in [3.05, 3.63) is 98.6 Å². The van der Waals surface area contributed by atoms with E-state index in [1.165, 1.54) is 16.0 Å². The number of hydrogen-bond acceptors (Lipinski definition) is 15. The Balaban J connectivity index is 0.724. The number of aliphatic hydroxyl groups is 1. The van der Waals surface area contributed by atoms with Crippen LogP contribution in [0.5, 0.6) is 5.88 Å². The number of nitrogens with one attached hydrogen (secondary N) is 2. The quantitative estimate of drug-likeness (QED) is 0.137. The van der Waals surface area contributed by atoms with E-state index in [9.17, 15) is 29.1 Å². The van der Waals surface area contributed by atoms with E-state index in [-0.39, 0.29) is 30.4 Å². The molecule has 362 valence electrons. The second kappa shape index (κ2) is 18.5. The van der Waals surface area contributed by atoms with Gasteiger partial charge in [0.05, 0.1) is 41.1 Å². The summed E-state index contributed by atoms with van der Waals surface area (Å²) in [7, 11) is 1.57. The predicted octanol–water partition coefficient (Wildman–Crippen LogP) is 6.07. The fourth-order valence-electron chi connectivity index (χ4n) is 11.5. The molecule has 0 bridgehead atoms. The number of pyridine rings is 3. The molecule has 4 aromatic heterocycles. The van der Waals surface area contributed by atoms with Crippen molar-refractivity contribution in [2.45, 2.75) is 95.9 Å². The van der Waals surface area contributed by atoms with Crippen molar-refractivity contribution >= 4 is 69.6 Å². The van der Waals surface area contributed by atoms with Crippen LogP contribution in [0.25, 0.3) is 11.1 Å². The maximum Gasteiger partial charge on any atom is 0.269 e. The average Bonchev–Trinajstić information content (AvgIpc) is 3.88. The lowest BCUT2D eigenvalue weighted by molar-refractivity contribution is -0.136. The summed E-state index contributed by atoms with van der Waals surface area (Å²) in [5, 5.41) is 16.9. The summed E-state index contributed by atoms with van der Waals surface area (Å²) in [6, 6.07) is 12.8. The van der Waals surface area contributed by atoms with Crippen LogP contribution in [-0.2, 0) is 28.9 Å². The molecular formula is C52H56N10O7S. The van der Waals surface area contributed by atoms with Crippen LogP contribution in [0.3, 0.4) is 0 Å². The fourth-order valence-corrected chi connectivity index (χ4v) is 12.9. The van der Waals surface area contributed by atoms with Gasteiger partial charge >= 0.3 is 0 Å². The average molecular weight is 965 g/mol. The molecule has 18 heteroatoms. The highest BCUT2D eigenvalue weighted by molar-refractivity contribution is 7.14. The monoisotopic (exact) mass is 964 g/mol. The van der Waals surface area contributed by atoms with Crippen LogP contribution in [-0.4, -0.2) is 124 Å². The first-order chi connectivity index (χ1) is 33.9. The standard InChI is InChI=1S/C52H56N10O7S/c1-29-28-59(32-15-19-58(20-16-32)33-8-10-38-39(25-33)51(67)62(50(38)66)41-11-13-44(64)57-48(41)65)22-23-60(29)34-9-12-43(54-27-34)56-40-24-31(26-55-49(40)69-3)35-14-18-53-47(45(35)30(2)63)61-21-17-37-36-6-4-5-7-42(36)70-46(37)52(61)68/h8-10,12,14,18,24-27,29-30,32,41,63H,4-7,11,13,15-17,19-23,28H2,1-3H3,(H,54,56)(H,57,64,65)/t29-,30-,41-/m0/s1. The number of piperidine rings is 2. The van der Waals surface area contributed by atoms with E-state index in [4.69, 9.17) is 14.7 Å². The lowest BCUT2D eigenvalue weighted by atomic mass is 9.91. The second-order valence-electron chi connectivity index (χ2n) is 19.2. The Morgan fingerprint density at radius 2 is 1.60 bits per heavy atom. The maximum absolute atomic E-state index is 14.1. The number of aromatic nitrogens is 3. The number of carbonyl (C=O) groups excluding carboxylic acids is 5. The van der Waals surface area contributed by atoms with Crippen molar-refractivity contribution in [3.8, 4) is 17.0 Å². The SMILES string of the molecule is COc1ncc(-c2ccnc(N3CCc4c(sc5c4CCCC5)C3=O)c2[C@H](C)O)cc1Nc1ccc(N2CCN(C3CCN(c4ccc5c(c4)C(=O)N([C@H]4CCC(=O)NC4=O)C5=O)CC3)C[C@@H]2C)cn1. The third-order valence-corrected chi connectivity index (χ3v) is 16.4. The zero-order chi connectivity index (χ0) is 48.4. The molecule has 1 aromatic carbocycles. The summed E-state index contributed by atoms with van der Waals surface area (Å²) in [4.78, 5) is 91.3. The number of benzene rings is 1. The highest BCUT2D eigenvalue weighted by Gasteiger charge is 2.45. The first-order valence-corrected chi connectivity index (χ1v) is 25.3. The van der Waals surface area contributed by atoms with Gasteiger partial charge < -0.3 is 25.0 Å². The third kappa shape index (κ3) is 8.14. The number of aryl methyl sites for hydroxylation is 1. The summed E-state index contributed by atoms with van der Waals surface area (Å²) < 4.78 is 5.69. The van der Waals surface area contributed by atoms with E-state index in [0.717, 1.165) is 110 Å². The highest BCUT2D eigenvalue weighted by Crippen LogP contribution is 2.42. The molecule has 0 radical (unpaired) electrons. The number of thiophene rings is 1. The number of methoxy groups -OCH3 is 1. The minimum Gasteiger partial charge on any atom is -0.480 e. The predicted molar refractivity (Wildman–Crippen MR) is 265 cm³/mol. The van der Waals surface area contributed by atoms with Crippen LogP contribution in [0.15, 0.2) is 61.1 Å². The number of imide groups is 2. The van der Waals surface area contributed by atoms with Crippen molar-refractivity contribution in [2.24, 2.45) is 0 Å². The van der Waals surface area contributed by atoms with Gasteiger partial charge in [-0.15, -0.1) is 11.3 Å². The molecule has 11 rings (SSSR count). The van der Waals surface area contributed by atoms with Gasteiger partial charge in [-0.25, -0.2) is 15.0 Å². The van der Waals surface area contributed by atoms with Crippen LogP contribution < -0.4 is 30.1 Å². The molecule has 9 heterocycles. The van der Waals surface area contributed by atoms with Gasteiger partial charge in [0.2, 0.25) is 17.7 Å². The molecule has 5 aliphatic heterocycles. The maximum atomic E-state index is 14.1. The molecule has 3 saturated heterocycles. The van der Waals surface area contributed by atoms with Crippen molar-refractivity contribution in [2.75, 3.05) is 66.4 Å². The minimum atomic E-state index is -0.987.